The largest absolute Gasteiger partial charge is 0.507 e. The van der Waals surface area contributed by atoms with E-state index in [1.54, 1.807) is 38.1 Å². The summed E-state index contributed by atoms with van der Waals surface area (Å²) in [6.45, 7) is 3.58. The molecule has 0 atom stereocenters. The van der Waals surface area contributed by atoms with E-state index in [2.05, 4.69) is 4.98 Å². The number of ether oxygens (including phenoxy) is 1. The van der Waals surface area contributed by atoms with Crippen LogP contribution in [0.15, 0.2) is 24.3 Å². The third kappa shape index (κ3) is 1.86. The minimum atomic E-state index is -0.411. The molecule has 0 aliphatic rings. The Morgan fingerprint density at radius 2 is 2.19 bits per heavy atom. The molecule has 1 aromatic heterocycles. The Bertz CT molecular complexity index is 528. The van der Waals surface area contributed by atoms with Gasteiger partial charge in [-0.1, -0.05) is 6.07 Å². The van der Waals surface area contributed by atoms with E-state index in [0.717, 1.165) is 5.52 Å². The quantitative estimate of drug-likeness (QED) is 0.762. The summed E-state index contributed by atoms with van der Waals surface area (Å²) >= 11 is 0. The number of benzene rings is 1. The number of hydrogen-bond acceptors (Lipinski definition) is 3. The van der Waals surface area contributed by atoms with Crippen molar-refractivity contribution in [2.24, 2.45) is 0 Å². The number of aromatic nitrogens is 1. The number of rotatable bonds is 2. The van der Waals surface area contributed by atoms with Crippen LogP contribution in [0.3, 0.4) is 0 Å². The predicted octanol–water partition coefficient (Wildman–Crippen LogP) is 2.44. The molecule has 0 aliphatic carbocycles. The summed E-state index contributed by atoms with van der Waals surface area (Å²) in [5.74, 6) is -0.261. The van der Waals surface area contributed by atoms with E-state index >= 15 is 0 Å². The highest BCUT2D eigenvalue weighted by molar-refractivity contribution is 5.96. The van der Waals surface area contributed by atoms with Crippen molar-refractivity contribution in [2.75, 3.05) is 0 Å². The highest BCUT2D eigenvalue weighted by atomic mass is 16.5. The van der Waals surface area contributed by atoms with Gasteiger partial charge >= 0.3 is 5.97 Å². The van der Waals surface area contributed by atoms with Gasteiger partial charge in [-0.3, -0.25) is 0 Å². The average Bonchev–Trinajstić information content (AvgIpc) is 2.61. The van der Waals surface area contributed by atoms with Gasteiger partial charge in [0.1, 0.15) is 11.4 Å². The second-order valence-corrected chi connectivity index (χ2v) is 3.88. The standard InChI is InChI=1S/C12H13NO3/c1-7(2)16-12(15)10-6-8-9(13-10)4-3-5-11(8)14/h3-7,13-14H,1-2H3. The molecule has 84 valence electrons. The highest BCUT2D eigenvalue weighted by Gasteiger charge is 2.13. The molecule has 0 aliphatic heterocycles. The first-order valence-electron chi connectivity index (χ1n) is 5.09. The third-order valence-electron chi connectivity index (χ3n) is 2.20. The number of carbonyl (C=O) groups is 1. The van der Waals surface area contributed by atoms with Crippen molar-refractivity contribution in [3.63, 3.8) is 0 Å². The van der Waals surface area contributed by atoms with Gasteiger partial charge in [-0.15, -0.1) is 0 Å². The van der Waals surface area contributed by atoms with Crippen LogP contribution in [0.25, 0.3) is 10.9 Å². The van der Waals surface area contributed by atoms with Gasteiger partial charge in [0.05, 0.1) is 6.10 Å². The lowest BCUT2D eigenvalue weighted by atomic mass is 10.2. The fraction of sp³-hybridized carbons (Fsp3) is 0.250. The Labute approximate surface area is 92.9 Å². The molecule has 2 N–H and O–H groups in total. The van der Waals surface area contributed by atoms with Crippen LogP contribution >= 0.6 is 0 Å². The van der Waals surface area contributed by atoms with Crippen LogP contribution < -0.4 is 0 Å². The lowest BCUT2D eigenvalue weighted by Gasteiger charge is -2.05. The third-order valence-corrected chi connectivity index (χ3v) is 2.20. The van der Waals surface area contributed by atoms with Crippen molar-refractivity contribution >= 4 is 16.9 Å². The number of nitrogens with one attached hydrogen (secondary N) is 1. The van der Waals surface area contributed by atoms with Crippen LogP contribution in [0.4, 0.5) is 0 Å². The molecule has 16 heavy (non-hydrogen) atoms. The summed E-state index contributed by atoms with van der Waals surface area (Å²) in [5.41, 5.74) is 1.07. The monoisotopic (exact) mass is 219 g/mol. The van der Waals surface area contributed by atoms with Gasteiger partial charge < -0.3 is 14.8 Å². The minimum absolute atomic E-state index is 0.150. The fourth-order valence-corrected chi connectivity index (χ4v) is 1.53. The molecule has 0 bridgehead atoms. The van der Waals surface area contributed by atoms with Crippen LogP contribution in [0.2, 0.25) is 0 Å². The fourth-order valence-electron chi connectivity index (χ4n) is 1.53. The second-order valence-electron chi connectivity index (χ2n) is 3.88. The topological polar surface area (TPSA) is 62.3 Å². The van der Waals surface area contributed by atoms with E-state index < -0.39 is 5.97 Å². The summed E-state index contributed by atoms with van der Waals surface area (Å²) < 4.78 is 5.05. The number of phenolic OH excluding ortho intramolecular Hbond substituents is 1. The van der Waals surface area contributed by atoms with Crippen molar-refractivity contribution in [1.29, 1.82) is 0 Å². The van der Waals surface area contributed by atoms with Gasteiger partial charge in [0.25, 0.3) is 0 Å². The Morgan fingerprint density at radius 1 is 1.44 bits per heavy atom. The maximum atomic E-state index is 11.6. The number of H-pyrrole nitrogens is 1. The Hall–Kier alpha value is -1.97. The number of carbonyl (C=O) groups excluding carboxylic acids is 1. The molecule has 0 unspecified atom stereocenters. The number of aromatic hydroxyl groups is 1. The number of hydrogen-bond donors (Lipinski definition) is 2. The molecule has 1 aromatic carbocycles. The van der Waals surface area contributed by atoms with Crippen LogP contribution in [0.5, 0.6) is 5.75 Å². The molecular formula is C12H13NO3. The molecule has 2 rings (SSSR count). The van der Waals surface area contributed by atoms with Crippen LogP contribution in [-0.4, -0.2) is 22.2 Å². The summed E-state index contributed by atoms with van der Waals surface area (Å²) in [7, 11) is 0. The summed E-state index contributed by atoms with van der Waals surface area (Å²) in [6.07, 6.45) is -0.160. The van der Waals surface area contributed by atoms with Crippen LogP contribution in [0, 0.1) is 0 Å². The Kier molecular flexibility index (Phi) is 2.56. The van der Waals surface area contributed by atoms with Crippen molar-refractivity contribution in [3.8, 4) is 5.75 Å². The Balaban J connectivity index is 2.40. The van der Waals surface area contributed by atoms with Crippen molar-refractivity contribution in [1.82, 2.24) is 4.98 Å². The summed E-state index contributed by atoms with van der Waals surface area (Å²) in [6, 6.07) is 6.68. The van der Waals surface area contributed by atoms with Gasteiger partial charge in [0.2, 0.25) is 0 Å². The molecular weight excluding hydrogens is 206 g/mol. The zero-order chi connectivity index (χ0) is 11.7. The molecule has 0 saturated heterocycles. The van der Waals surface area contributed by atoms with E-state index in [-0.39, 0.29) is 11.9 Å². The Morgan fingerprint density at radius 3 is 2.81 bits per heavy atom. The molecule has 0 fully saturated rings. The second kappa shape index (κ2) is 3.89. The first-order chi connectivity index (χ1) is 7.58. The first kappa shape index (κ1) is 10.5. The SMILES string of the molecule is CC(C)OC(=O)c1cc2c(O)cccc2[nH]1. The predicted molar refractivity (Wildman–Crippen MR) is 60.5 cm³/mol. The van der Waals surface area contributed by atoms with Gasteiger partial charge in [-0.05, 0) is 32.0 Å². The lowest BCUT2D eigenvalue weighted by Crippen LogP contribution is -2.11. The van der Waals surface area contributed by atoms with E-state index in [9.17, 15) is 9.90 Å². The van der Waals surface area contributed by atoms with Gasteiger partial charge in [0.15, 0.2) is 0 Å². The molecule has 4 heteroatoms. The number of fused-ring (bicyclic) bond motifs is 1. The maximum absolute atomic E-state index is 11.6. The number of aromatic amines is 1. The number of phenols is 1. The van der Waals surface area contributed by atoms with E-state index in [4.69, 9.17) is 4.74 Å². The van der Waals surface area contributed by atoms with Gasteiger partial charge in [-0.25, -0.2) is 4.79 Å². The van der Waals surface area contributed by atoms with E-state index in [1.165, 1.54) is 0 Å². The first-order valence-corrected chi connectivity index (χ1v) is 5.09. The average molecular weight is 219 g/mol. The van der Waals surface area contributed by atoms with Crippen LogP contribution in [0.1, 0.15) is 24.3 Å². The zero-order valence-corrected chi connectivity index (χ0v) is 9.15. The van der Waals surface area contributed by atoms with E-state index in [0.29, 0.717) is 11.1 Å². The summed E-state index contributed by atoms with van der Waals surface area (Å²) in [4.78, 5) is 14.5. The molecule has 0 spiro atoms. The molecule has 1 heterocycles. The molecule has 2 aromatic rings. The van der Waals surface area contributed by atoms with Crippen molar-refractivity contribution in [2.45, 2.75) is 20.0 Å². The molecule has 0 amide bonds. The van der Waals surface area contributed by atoms with E-state index in [1.807, 2.05) is 0 Å². The van der Waals surface area contributed by atoms with Crippen molar-refractivity contribution in [3.05, 3.63) is 30.0 Å². The lowest BCUT2D eigenvalue weighted by molar-refractivity contribution is 0.0372. The molecule has 4 nitrogen and oxygen atoms in total. The van der Waals surface area contributed by atoms with Crippen LogP contribution in [-0.2, 0) is 4.74 Å². The smallest absolute Gasteiger partial charge is 0.355 e. The molecule has 0 saturated carbocycles. The minimum Gasteiger partial charge on any atom is -0.507 e. The zero-order valence-electron chi connectivity index (χ0n) is 9.15. The number of esters is 1. The normalized spacial score (nSPS) is 10.9. The molecule has 0 radical (unpaired) electrons. The van der Waals surface area contributed by atoms with Gasteiger partial charge in [-0.2, -0.15) is 0 Å². The highest BCUT2D eigenvalue weighted by Crippen LogP contribution is 2.25. The maximum Gasteiger partial charge on any atom is 0.355 e. The summed E-state index contributed by atoms with van der Waals surface area (Å²) in [5, 5.41) is 10.2. The van der Waals surface area contributed by atoms with Gasteiger partial charge in [0, 0.05) is 10.9 Å². The van der Waals surface area contributed by atoms with Crippen molar-refractivity contribution < 1.29 is 14.6 Å².